The van der Waals surface area contributed by atoms with E-state index in [1.807, 2.05) is 12.1 Å². The first-order chi connectivity index (χ1) is 11.3. The standard InChI is InChI=1S/C16H25N3O4S/c1-19(2)24(21,22)11-14-9-23-10-15(14)18-16(20)13-5-3-12(4-6-13)7-8-17/h3-6,14-15H,7-11,17H2,1-2H3,(H,18,20)/t14-,15-/m0/s1. The molecule has 2 atom stereocenters. The Morgan fingerprint density at radius 1 is 1.29 bits per heavy atom. The summed E-state index contributed by atoms with van der Waals surface area (Å²) in [6.45, 7) is 1.21. The summed E-state index contributed by atoms with van der Waals surface area (Å²) in [6.07, 6.45) is 0.767. The zero-order chi connectivity index (χ0) is 17.7. The Labute approximate surface area is 143 Å². The van der Waals surface area contributed by atoms with Crippen molar-refractivity contribution in [2.75, 3.05) is 39.6 Å². The Balaban J connectivity index is 1.99. The van der Waals surface area contributed by atoms with E-state index in [0.717, 1.165) is 12.0 Å². The first kappa shape index (κ1) is 18.9. The molecule has 24 heavy (non-hydrogen) atoms. The van der Waals surface area contributed by atoms with Gasteiger partial charge in [0.2, 0.25) is 10.0 Å². The second kappa shape index (κ2) is 8.06. The number of sulfonamides is 1. The maximum Gasteiger partial charge on any atom is 0.251 e. The average molecular weight is 355 g/mol. The van der Waals surface area contributed by atoms with Crippen molar-refractivity contribution in [3.63, 3.8) is 0 Å². The number of amides is 1. The van der Waals surface area contributed by atoms with Crippen molar-refractivity contribution in [2.24, 2.45) is 11.7 Å². The lowest BCUT2D eigenvalue weighted by molar-refractivity contribution is 0.0926. The van der Waals surface area contributed by atoms with Crippen molar-refractivity contribution in [3.8, 4) is 0 Å². The molecule has 0 aromatic heterocycles. The van der Waals surface area contributed by atoms with E-state index in [9.17, 15) is 13.2 Å². The fourth-order valence-electron chi connectivity index (χ4n) is 2.58. The van der Waals surface area contributed by atoms with Crippen molar-refractivity contribution in [1.29, 1.82) is 0 Å². The zero-order valence-electron chi connectivity index (χ0n) is 14.1. The highest BCUT2D eigenvalue weighted by Crippen LogP contribution is 2.18. The smallest absolute Gasteiger partial charge is 0.251 e. The molecule has 134 valence electrons. The van der Waals surface area contributed by atoms with Crippen LogP contribution in [0.1, 0.15) is 15.9 Å². The van der Waals surface area contributed by atoms with Crippen LogP contribution in [0.3, 0.4) is 0 Å². The number of carbonyl (C=O) groups excluding carboxylic acids is 1. The lowest BCUT2D eigenvalue weighted by Gasteiger charge is -2.21. The SMILES string of the molecule is CN(C)S(=O)(=O)C[C@@H]1COC[C@@H]1NC(=O)c1ccc(CCN)cc1. The quantitative estimate of drug-likeness (QED) is 0.707. The molecule has 1 heterocycles. The molecular weight excluding hydrogens is 330 g/mol. The van der Waals surface area contributed by atoms with Gasteiger partial charge in [-0.05, 0) is 30.7 Å². The summed E-state index contributed by atoms with van der Waals surface area (Å²) in [4.78, 5) is 12.4. The van der Waals surface area contributed by atoms with Crippen molar-refractivity contribution in [3.05, 3.63) is 35.4 Å². The number of nitrogens with zero attached hydrogens (tertiary/aromatic N) is 1. The molecule has 7 nitrogen and oxygen atoms in total. The number of ether oxygens (including phenoxy) is 1. The molecule has 3 N–H and O–H groups in total. The Hall–Kier alpha value is -1.48. The molecule has 0 aliphatic carbocycles. The van der Waals surface area contributed by atoms with E-state index in [1.54, 1.807) is 12.1 Å². The number of hydrogen-bond acceptors (Lipinski definition) is 5. The normalized spacial score (nSPS) is 21.2. The second-order valence-electron chi connectivity index (χ2n) is 6.17. The van der Waals surface area contributed by atoms with E-state index in [0.29, 0.717) is 25.3 Å². The third kappa shape index (κ3) is 4.76. The number of nitrogens with two attached hydrogens (primary N) is 1. The summed E-state index contributed by atoms with van der Waals surface area (Å²) in [5, 5.41) is 2.89. The highest BCUT2D eigenvalue weighted by Gasteiger charge is 2.34. The van der Waals surface area contributed by atoms with E-state index in [-0.39, 0.29) is 23.6 Å². The number of carbonyl (C=O) groups is 1. The van der Waals surface area contributed by atoms with Crippen LogP contribution in [0.4, 0.5) is 0 Å². The molecule has 1 aromatic carbocycles. The van der Waals surface area contributed by atoms with Gasteiger partial charge < -0.3 is 15.8 Å². The highest BCUT2D eigenvalue weighted by molar-refractivity contribution is 7.89. The van der Waals surface area contributed by atoms with Gasteiger partial charge in [0.15, 0.2) is 0 Å². The number of rotatable bonds is 7. The van der Waals surface area contributed by atoms with Crippen molar-refractivity contribution < 1.29 is 17.9 Å². The van der Waals surface area contributed by atoms with E-state index >= 15 is 0 Å². The van der Waals surface area contributed by atoms with Crippen LogP contribution < -0.4 is 11.1 Å². The Kier molecular flexibility index (Phi) is 6.34. The van der Waals surface area contributed by atoms with Gasteiger partial charge in [0, 0.05) is 25.6 Å². The minimum Gasteiger partial charge on any atom is -0.379 e. The summed E-state index contributed by atoms with van der Waals surface area (Å²) in [7, 11) is -0.333. The van der Waals surface area contributed by atoms with Gasteiger partial charge in [-0.2, -0.15) is 0 Å². The van der Waals surface area contributed by atoms with Gasteiger partial charge in [-0.25, -0.2) is 12.7 Å². The molecule has 0 unspecified atom stereocenters. The van der Waals surface area contributed by atoms with Crippen LogP contribution in [0.5, 0.6) is 0 Å². The Morgan fingerprint density at radius 3 is 2.54 bits per heavy atom. The fourth-order valence-corrected chi connectivity index (χ4v) is 3.75. The number of nitrogens with one attached hydrogen (secondary N) is 1. The molecule has 1 aliphatic heterocycles. The van der Waals surface area contributed by atoms with Gasteiger partial charge in [0.1, 0.15) is 0 Å². The van der Waals surface area contributed by atoms with Crippen LogP contribution in [0.25, 0.3) is 0 Å². The van der Waals surface area contributed by atoms with Gasteiger partial charge in [0.05, 0.1) is 25.0 Å². The first-order valence-corrected chi connectivity index (χ1v) is 9.52. The second-order valence-corrected chi connectivity index (χ2v) is 8.40. The van der Waals surface area contributed by atoms with Crippen LogP contribution in [0.15, 0.2) is 24.3 Å². The Morgan fingerprint density at radius 2 is 1.96 bits per heavy atom. The summed E-state index contributed by atoms with van der Waals surface area (Å²) in [6, 6.07) is 6.95. The minimum absolute atomic E-state index is 0.0413. The third-order valence-corrected chi connectivity index (χ3v) is 6.11. The maximum absolute atomic E-state index is 12.4. The van der Waals surface area contributed by atoms with E-state index in [2.05, 4.69) is 5.32 Å². The molecule has 1 fully saturated rings. The fraction of sp³-hybridized carbons (Fsp3) is 0.562. The number of benzene rings is 1. The van der Waals surface area contributed by atoms with Crippen molar-refractivity contribution >= 4 is 15.9 Å². The van der Waals surface area contributed by atoms with Gasteiger partial charge in [-0.1, -0.05) is 12.1 Å². The predicted octanol–water partition coefficient (Wildman–Crippen LogP) is -0.176. The van der Waals surface area contributed by atoms with Crippen molar-refractivity contribution in [1.82, 2.24) is 9.62 Å². The van der Waals surface area contributed by atoms with Crippen LogP contribution in [0.2, 0.25) is 0 Å². The topological polar surface area (TPSA) is 102 Å². The van der Waals surface area contributed by atoms with Crippen LogP contribution >= 0.6 is 0 Å². The molecular formula is C16H25N3O4S. The largest absolute Gasteiger partial charge is 0.379 e. The van der Waals surface area contributed by atoms with Crippen molar-refractivity contribution in [2.45, 2.75) is 12.5 Å². The molecule has 1 saturated heterocycles. The van der Waals surface area contributed by atoms with Crippen LogP contribution in [-0.4, -0.2) is 64.3 Å². The monoisotopic (exact) mass is 355 g/mol. The third-order valence-electron chi connectivity index (χ3n) is 4.15. The summed E-state index contributed by atoms with van der Waals surface area (Å²) in [5.74, 6) is -0.518. The zero-order valence-corrected chi connectivity index (χ0v) is 14.9. The maximum atomic E-state index is 12.4. The molecule has 0 saturated carbocycles. The summed E-state index contributed by atoms with van der Waals surface area (Å²) >= 11 is 0. The lowest BCUT2D eigenvalue weighted by Crippen LogP contribution is -2.43. The highest BCUT2D eigenvalue weighted by atomic mass is 32.2. The van der Waals surface area contributed by atoms with Gasteiger partial charge in [-0.15, -0.1) is 0 Å². The average Bonchev–Trinajstić information content (AvgIpc) is 2.94. The molecule has 8 heteroatoms. The number of hydrogen-bond donors (Lipinski definition) is 2. The molecule has 1 amide bonds. The van der Waals surface area contributed by atoms with Gasteiger partial charge in [-0.3, -0.25) is 4.79 Å². The predicted molar refractivity (Wildman–Crippen MR) is 92.2 cm³/mol. The van der Waals surface area contributed by atoms with Gasteiger partial charge in [0.25, 0.3) is 5.91 Å². The first-order valence-electron chi connectivity index (χ1n) is 7.91. The summed E-state index contributed by atoms with van der Waals surface area (Å²) in [5.41, 5.74) is 7.12. The molecule has 1 aromatic rings. The molecule has 0 radical (unpaired) electrons. The molecule has 0 bridgehead atoms. The van der Waals surface area contributed by atoms with Gasteiger partial charge >= 0.3 is 0 Å². The summed E-state index contributed by atoms with van der Waals surface area (Å²) < 4.78 is 30.6. The molecule has 2 rings (SSSR count). The van der Waals surface area contributed by atoms with E-state index in [4.69, 9.17) is 10.5 Å². The van der Waals surface area contributed by atoms with E-state index in [1.165, 1.54) is 18.4 Å². The molecule has 1 aliphatic rings. The molecule has 0 spiro atoms. The van der Waals surface area contributed by atoms with Crippen LogP contribution in [-0.2, 0) is 21.2 Å². The minimum atomic E-state index is -3.34. The van der Waals surface area contributed by atoms with Crippen LogP contribution in [0, 0.1) is 5.92 Å². The lowest BCUT2D eigenvalue weighted by atomic mass is 10.0. The Bertz CT molecular complexity index is 658. The van der Waals surface area contributed by atoms with E-state index < -0.39 is 10.0 Å².